The maximum atomic E-state index is 12.2. The third-order valence-corrected chi connectivity index (χ3v) is 4.21. The SMILES string of the molecule is O=C(Cc1ccc([C@H]2CCCNC2)cc1)c1cnc(Cl)cn1. The summed E-state index contributed by atoms with van der Waals surface area (Å²) in [5.74, 6) is 0.539. The van der Waals surface area contributed by atoms with E-state index < -0.39 is 0 Å². The third-order valence-electron chi connectivity index (χ3n) is 4.02. The van der Waals surface area contributed by atoms with E-state index >= 15 is 0 Å². The molecule has 114 valence electrons. The minimum Gasteiger partial charge on any atom is -0.316 e. The summed E-state index contributed by atoms with van der Waals surface area (Å²) < 4.78 is 0. The fraction of sp³-hybridized carbons (Fsp3) is 0.353. The van der Waals surface area contributed by atoms with E-state index in [2.05, 4.69) is 27.4 Å². The number of ketones is 1. The van der Waals surface area contributed by atoms with E-state index in [1.165, 1.54) is 30.8 Å². The normalized spacial score (nSPS) is 18.1. The van der Waals surface area contributed by atoms with Crippen LogP contribution in [-0.2, 0) is 6.42 Å². The molecule has 5 heteroatoms. The number of carbonyl (C=O) groups is 1. The average Bonchev–Trinajstić information content (AvgIpc) is 2.57. The predicted molar refractivity (Wildman–Crippen MR) is 86.4 cm³/mol. The van der Waals surface area contributed by atoms with Crippen LogP contribution in [0.15, 0.2) is 36.7 Å². The van der Waals surface area contributed by atoms with Crippen LogP contribution in [0.5, 0.6) is 0 Å². The number of hydrogen-bond acceptors (Lipinski definition) is 4. The average molecular weight is 316 g/mol. The number of benzene rings is 1. The van der Waals surface area contributed by atoms with Crippen LogP contribution in [-0.4, -0.2) is 28.8 Å². The van der Waals surface area contributed by atoms with Gasteiger partial charge in [-0.05, 0) is 36.4 Å². The molecule has 1 fully saturated rings. The van der Waals surface area contributed by atoms with Crippen LogP contribution >= 0.6 is 11.6 Å². The monoisotopic (exact) mass is 315 g/mol. The molecular weight excluding hydrogens is 298 g/mol. The topological polar surface area (TPSA) is 54.9 Å². The number of hydrogen-bond donors (Lipinski definition) is 1. The van der Waals surface area contributed by atoms with Gasteiger partial charge in [-0.25, -0.2) is 9.97 Å². The van der Waals surface area contributed by atoms with Crippen LogP contribution in [0.2, 0.25) is 5.15 Å². The lowest BCUT2D eigenvalue weighted by Crippen LogP contribution is -2.28. The Morgan fingerprint density at radius 3 is 2.68 bits per heavy atom. The number of rotatable bonds is 4. The van der Waals surface area contributed by atoms with Crippen molar-refractivity contribution < 1.29 is 4.79 Å². The molecule has 0 spiro atoms. The first-order valence-electron chi connectivity index (χ1n) is 7.52. The minimum absolute atomic E-state index is 0.0451. The summed E-state index contributed by atoms with van der Waals surface area (Å²) in [5, 5.41) is 3.72. The van der Waals surface area contributed by atoms with Gasteiger partial charge in [-0.1, -0.05) is 35.9 Å². The largest absolute Gasteiger partial charge is 0.316 e. The lowest BCUT2D eigenvalue weighted by atomic mass is 9.91. The Labute approximate surface area is 134 Å². The maximum Gasteiger partial charge on any atom is 0.187 e. The number of Topliss-reactive ketones (excluding diaryl/α,β-unsaturated/α-hetero) is 1. The van der Waals surface area contributed by atoms with Gasteiger partial charge >= 0.3 is 0 Å². The molecule has 0 saturated carbocycles. The molecule has 4 nitrogen and oxygen atoms in total. The van der Waals surface area contributed by atoms with E-state index in [-0.39, 0.29) is 5.78 Å². The van der Waals surface area contributed by atoms with Gasteiger partial charge in [0.25, 0.3) is 0 Å². The Morgan fingerprint density at radius 1 is 1.23 bits per heavy atom. The van der Waals surface area contributed by atoms with Crippen molar-refractivity contribution in [2.45, 2.75) is 25.2 Å². The third kappa shape index (κ3) is 3.70. The zero-order valence-electron chi connectivity index (χ0n) is 12.3. The summed E-state index contributed by atoms with van der Waals surface area (Å²) in [7, 11) is 0. The van der Waals surface area contributed by atoms with Crippen LogP contribution in [0.4, 0.5) is 0 Å². The Morgan fingerprint density at radius 2 is 2.05 bits per heavy atom. The minimum atomic E-state index is -0.0451. The summed E-state index contributed by atoms with van der Waals surface area (Å²) in [6.07, 6.45) is 5.60. The van der Waals surface area contributed by atoms with Crippen LogP contribution in [0.25, 0.3) is 0 Å². The number of carbonyl (C=O) groups excluding carboxylic acids is 1. The number of piperidine rings is 1. The van der Waals surface area contributed by atoms with Gasteiger partial charge in [-0.15, -0.1) is 0 Å². The second-order valence-electron chi connectivity index (χ2n) is 5.61. The van der Waals surface area contributed by atoms with Crippen molar-refractivity contribution in [3.63, 3.8) is 0 Å². The molecule has 1 aromatic carbocycles. The molecule has 3 rings (SSSR count). The molecule has 0 radical (unpaired) electrons. The van der Waals surface area contributed by atoms with Gasteiger partial charge < -0.3 is 5.32 Å². The molecule has 1 N–H and O–H groups in total. The second-order valence-corrected chi connectivity index (χ2v) is 6.00. The molecule has 22 heavy (non-hydrogen) atoms. The van der Waals surface area contributed by atoms with Gasteiger partial charge in [0.2, 0.25) is 0 Å². The summed E-state index contributed by atoms with van der Waals surface area (Å²) in [6.45, 7) is 2.16. The Hall–Kier alpha value is -1.78. The summed E-state index contributed by atoms with van der Waals surface area (Å²) in [5.41, 5.74) is 2.69. The Bertz CT molecular complexity index is 634. The fourth-order valence-corrected chi connectivity index (χ4v) is 2.87. The van der Waals surface area contributed by atoms with Gasteiger partial charge in [-0.3, -0.25) is 4.79 Å². The summed E-state index contributed by atoms with van der Waals surface area (Å²) in [4.78, 5) is 20.1. The van der Waals surface area contributed by atoms with Crippen molar-refractivity contribution in [3.05, 3.63) is 58.6 Å². The number of halogens is 1. The number of nitrogens with one attached hydrogen (secondary N) is 1. The molecule has 1 aromatic heterocycles. The molecule has 0 amide bonds. The first kappa shape index (κ1) is 15.1. The lowest BCUT2D eigenvalue weighted by Gasteiger charge is -2.23. The van der Waals surface area contributed by atoms with Crippen LogP contribution in [0, 0.1) is 0 Å². The van der Waals surface area contributed by atoms with Gasteiger partial charge in [-0.2, -0.15) is 0 Å². The second kappa shape index (κ2) is 6.99. The molecule has 1 aliphatic rings. The van der Waals surface area contributed by atoms with Crippen molar-refractivity contribution >= 4 is 17.4 Å². The van der Waals surface area contributed by atoms with E-state index in [9.17, 15) is 4.79 Å². The zero-order chi connectivity index (χ0) is 15.4. The molecule has 2 aromatic rings. The maximum absolute atomic E-state index is 12.2. The molecule has 0 bridgehead atoms. The van der Waals surface area contributed by atoms with Crippen LogP contribution < -0.4 is 5.32 Å². The van der Waals surface area contributed by atoms with E-state index in [4.69, 9.17) is 11.6 Å². The molecule has 1 aliphatic heterocycles. The molecular formula is C17H18ClN3O. The van der Waals surface area contributed by atoms with Gasteiger partial charge in [0, 0.05) is 13.0 Å². The number of aromatic nitrogens is 2. The van der Waals surface area contributed by atoms with E-state index in [0.29, 0.717) is 23.2 Å². The van der Waals surface area contributed by atoms with Crippen LogP contribution in [0.1, 0.15) is 40.4 Å². The van der Waals surface area contributed by atoms with Crippen molar-refractivity contribution in [2.24, 2.45) is 0 Å². The lowest BCUT2D eigenvalue weighted by molar-refractivity contribution is 0.0988. The smallest absolute Gasteiger partial charge is 0.187 e. The molecule has 1 saturated heterocycles. The fourth-order valence-electron chi connectivity index (χ4n) is 2.78. The van der Waals surface area contributed by atoms with E-state index in [1.54, 1.807) is 0 Å². The molecule has 0 unspecified atom stereocenters. The zero-order valence-corrected chi connectivity index (χ0v) is 13.0. The molecule has 2 heterocycles. The Kier molecular flexibility index (Phi) is 4.80. The summed E-state index contributed by atoms with van der Waals surface area (Å²) >= 11 is 5.68. The van der Waals surface area contributed by atoms with Crippen LogP contribution in [0.3, 0.4) is 0 Å². The molecule has 1 atom stereocenters. The van der Waals surface area contributed by atoms with Crippen molar-refractivity contribution in [1.29, 1.82) is 0 Å². The van der Waals surface area contributed by atoms with E-state index in [1.807, 2.05) is 12.1 Å². The van der Waals surface area contributed by atoms with Crippen molar-refractivity contribution in [2.75, 3.05) is 13.1 Å². The standard InChI is InChI=1S/C17H18ClN3O/c18-17-11-20-15(10-21-17)16(22)8-12-3-5-13(6-4-12)14-2-1-7-19-9-14/h3-6,10-11,14,19H,1-2,7-9H2/t14-/m0/s1. The Balaban J connectivity index is 1.65. The van der Waals surface area contributed by atoms with Gasteiger partial charge in [0.1, 0.15) is 10.8 Å². The van der Waals surface area contributed by atoms with Gasteiger partial charge in [0.05, 0.1) is 12.4 Å². The van der Waals surface area contributed by atoms with E-state index in [0.717, 1.165) is 18.7 Å². The highest BCUT2D eigenvalue weighted by Gasteiger charge is 2.15. The number of nitrogens with zero attached hydrogens (tertiary/aromatic N) is 2. The first-order valence-corrected chi connectivity index (χ1v) is 7.90. The highest BCUT2D eigenvalue weighted by molar-refractivity contribution is 6.29. The highest BCUT2D eigenvalue weighted by atomic mass is 35.5. The summed E-state index contributed by atoms with van der Waals surface area (Å²) in [6, 6.07) is 8.33. The molecule has 0 aliphatic carbocycles. The highest BCUT2D eigenvalue weighted by Crippen LogP contribution is 2.23. The van der Waals surface area contributed by atoms with Gasteiger partial charge in [0.15, 0.2) is 5.78 Å². The van der Waals surface area contributed by atoms with Crippen molar-refractivity contribution in [1.82, 2.24) is 15.3 Å². The quantitative estimate of drug-likeness (QED) is 0.881. The van der Waals surface area contributed by atoms with Crippen molar-refractivity contribution in [3.8, 4) is 0 Å². The first-order chi connectivity index (χ1) is 10.7. The predicted octanol–water partition coefficient (Wildman–Crippen LogP) is 3.02.